The molecule has 0 bridgehead atoms. The fourth-order valence-corrected chi connectivity index (χ4v) is 2.15. The van der Waals surface area contributed by atoms with Gasteiger partial charge in [0, 0.05) is 20.1 Å². The van der Waals surface area contributed by atoms with Gasteiger partial charge in [-0.15, -0.1) is 0 Å². The molecule has 0 heterocycles. The average molecular weight is 278 g/mol. The second-order valence-corrected chi connectivity index (χ2v) is 5.44. The summed E-state index contributed by atoms with van der Waals surface area (Å²) in [6, 6.07) is 6.82. The molecule has 5 heteroatoms. The zero-order valence-corrected chi connectivity index (χ0v) is 11.7. The number of aliphatic hydroxyl groups is 1. The largest absolute Gasteiger partial charge is 0.508 e. The van der Waals surface area contributed by atoms with Crippen LogP contribution in [0.3, 0.4) is 0 Å². The number of hydrogen-bond acceptors (Lipinski definition) is 3. The number of nitrogens with zero attached hydrogens (tertiary/aromatic N) is 1. The van der Waals surface area contributed by atoms with Gasteiger partial charge in [-0.3, -0.25) is 0 Å². The fraction of sp³-hybridized carbons (Fsp3) is 0.533. The van der Waals surface area contributed by atoms with E-state index in [0.29, 0.717) is 25.4 Å². The van der Waals surface area contributed by atoms with E-state index in [-0.39, 0.29) is 11.8 Å². The molecule has 0 radical (unpaired) electrons. The first-order valence-corrected chi connectivity index (χ1v) is 7.01. The number of nitrogens with one attached hydrogen (secondary N) is 1. The van der Waals surface area contributed by atoms with Gasteiger partial charge in [-0.2, -0.15) is 0 Å². The van der Waals surface area contributed by atoms with E-state index in [1.807, 2.05) is 6.07 Å². The molecule has 1 fully saturated rings. The topological polar surface area (TPSA) is 72.8 Å². The van der Waals surface area contributed by atoms with Crippen LogP contribution in [0.1, 0.15) is 18.4 Å². The van der Waals surface area contributed by atoms with Crippen molar-refractivity contribution in [2.24, 2.45) is 5.92 Å². The van der Waals surface area contributed by atoms with E-state index < -0.39 is 6.10 Å². The van der Waals surface area contributed by atoms with Crippen molar-refractivity contribution in [1.29, 1.82) is 0 Å². The summed E-state index contributed by atoms with van der Waals surface area (Å²) >= 11 is 0. The number of phenolic OH excluding ortho intramolecular Hbond substituents is 1. The Morgan fingerprint density at radius 1 is 1.50 bits per heavy atom. The summed E-state index contributed by atoms with van der Waals surface area (Å²) in [5.41, 5.74) is 0.978. The van der Waals surface area contributed by atoms with Crippen LogP contribution in [0.25, 0.3) is 0 Å². The number of rotatable bonds is 6. The van der Waals surface area contributed by atoms with Crippen LogP contribution in [0.2, 0.25) is 0 Å². The molecule has 20 heavy (non-hydrogen) atoms. The van der Waals surface area contributed by atoms with Gasteiger partial charge >= 0.3 is 6.03 Å². The number of amides is 2. The van der Waals surface area contributed by atoms with Crippen LogP contribution in [0.15, 0.2) is 24.3 Å². The third-order valence-corrected chi connectivity index (χ3v) is 3.57. The summed E-state index contributed by atoms with van der Waals surface area (Å²) in [7, 11) is 1.69. The van der Waals surface area contributed by atoms with E-state index in [1.54, 1.807) is 25.2 Å². The minimum atomic E-state index is -0.406. The molecule has 5 nitrogen and oxygen atoms in total. The molecule has 0 spiro atoms. The highest BCUT2D eigenvalue weighted by atomic mass is 16.3. The highest BCUT2D eigenvalue weighted by Gasteiger charge is 2.31. The Balaban J connectivity index is 1.68. The summed E-state index contributed by atoms with van der Waals surface area (Å²) in [5.74, 6) is 0.607. The monoisotopic (exact) mass is 278 g/mol. The Morgan fingerprint density at radius 3 is 2.90 bits per heavy atom. The molecule has 0 aromatic heterocycles. The van der Waals surface area contributed by atoms with Gasteiger partial charge in [0.15, 0.2) is 0 Å². The maximum atomic E-state index is 11.8. The highest BCUT2D eigenvalue weighted by molar-refractivity contribution is 5.73. The normalized spacial score (nSPS) is 15.7. The standard InChI is InChI=1S/C15H22N2O3/c1-17(10-14(19)12-5-6-12)15(20)16-8-7-11-3-2-4-13(18)9-11/h2-4,9,12,14,18-19H,5-8,10H2,1H3,(H,16,20). The number of urea groups is 1. The molecule has 1 aromatic rings. The van der Waals surface area contributed by atoms with Gasteiger partial charge in [0.25, 0.3) is 0 Å². The molecule has 1 aliphatic carbocycles. The molecule has 0 saturated heterocycles. The van der Waals surface area contributed by atoms with Crippen molar-refractivity contribution >= 4 is 6.03 Å². The van der Waals surface area contributed by atoms with E-state index in [0.717, 1.165) is 18.4 Å². The minimum Gasteiger partial charge on any atom is -0.508 e. The number of likely N-dealkylation sites (N-methyl/N-ethyl adjacent to an activating group) is 1. The number of carbonyl (C=O) groups is 1. The summed E-state index contributed by atoms with van der Waals surface area (Å²) in [6.07, 6.45) is 2.39. The lowest BCUT2D eigenvalue weighted by Gasteiger charge is -2.21. The SMILES string of the molecule is CN(CC(O)C1CC1)C(=O)NCCc1cccc(O)c1. The second kappa shape index (κ2) is 6.61. The predicted molar refractivity (Wildman–Crippen MR) is 76.6 cm³/mol. The second-order valence-electron chi connectivity index (χ2n) is 5.44. The summed E-state index contributed by atoms with van der Waals surface area (Å²) in [6.45, 7) is 0.884. The summed E-state index contributed by atoms with van der Waals surface area (Å²) in [5, 5.41) is 21.9. The quantitative estimate of drug-likeness (QED) is 0.735. The molecule has 1 unspecified atom stereocenters. The summed E-state index contributed by atoms with van der Waals surface area (Å²) < 4.78 is 0. The third-order valence-electron chi connectivity index (χ3n) is 3.57. The van der Waals surface area contributed by atoms with Gasteiger partial charge in [0.1, 0.15) is 5.75 Å². The van der Waals surface area contributed by atoms with Crippen molar-refractivity contribution in [3.8, 4) is 5.75 Å². The molecule has 1 saturated carbocycles. The number of aromatic hydroxyl groups is 1. The van der Waals surface area contributed by atoms with Crippen LogP contribution in [0, 0.1) is 5.92 Å². The first-order valence-electron chi connectivity index (χ1n) is 7.01. The van der Waals surface area contributed by atoms with Crippen molar-refractivity contribution in [3.05, 3.63) is 29.8 Å². The Hall–Kier alpha value is -1.75. The first-order chi connectivity index (χ1) is 9.56. The lowest BCUT2D eigenvalue weighted by Crippen LogP contribution is -2.42. The van der Waals surface area contributed by atoms with Crippen LogP contribution in [-0.2, 0) is 6.42 Å². The molecule has 3 N–H and O–H groups in total. The van der Waals surface area contributed by atoms with E-state index >= 15 is 0 Å². The number of hydrogen-bond donors (Lipinski definition) is 3. The molecule has 110 valence electrons. The maximum Gasteiger partial charge on any atom is 0.317 e. The molecule has 1 aliphatic rings. The van der Waals surface area contributed by atoms with Crippen LogP contribution in [-0.4, -0.2) is 47.4 Å². The Bertz CT molecular complexity index is 460. The smallest absolute Gasteiger partial charge is 0.317 e. The predicted octanol–water partition coefficient (Wildman–Crippen LogP) is 1.35. The van der Waals surface area contributed by atoms with Crippen molar-refractivity contribution in [3.63, 3.8) is 0 Å². The number of aliphatic hydroxyl groups excluding tert-OH is 1. The van der Waals surface area contributed by atoms with Crippen LogP contribution >= 0.6 is 0 Å². The van der Waals surface area contributed by atoms with E-state index in [1.165, 1.54) is 4.90 Å². The van der Waals surface area contributed by atoms with Gasteiger partial charge in [-0.05, 0) is 42.9 Å². The average Bonchev–Trinajstić information content (AvgIpc) is 3.22. The lowest BCUT2D eigenvalue weighted by atomic mass is 10.1. The molecule has 0 aliphatic heterocycles. The Kier molecular flexibility index (Phi) is 4.84. The van der Waals surface area contributed by atoms with Gasteiger partial charge in [-0.1, -0.05) is 12.1 Å². The van der Waals surface area contributed by atoms with Crippen LogP contribution in [0.4, 0.5) is 4.79 Å². The fourth-order valence-electron chi connectivity index (χ4n) is 2.15. The molecular formula is C15H22N2O3. The van der Waals surface area contributed by atoms with E-state index in [4.69, 9.17) is 0 Å². The van der Waals surface area contributed by atoms with Crippen LogP contribution < -0.4 is 5.32 Å². The van der Waals surface area contributed by atoms with E-state index in [9.17, 15) is 15.0 Å². The zero-order valence-electron chi connectivity index (χ0n) is 11.7. The van der Waals surface area contributed by atoms with Crippen molar-refractivity contribution in [1.82, 2.24) is 10.2 Å². The molecule has 2 amide bonds. The number of phenols is 1. The van der Waals surface area contributed by atoms with Gasteiger partial charge in [0.05, 0.1) is 6.10 Å². The Labute approximate surface area is 119 Å². The number of benzene rings is 1. The minimum absolute atomic E-state index is 0.176. The molecule has 1 atom stereocenters. The van der Waals surface area contributed by atoms with Gasteiger partial charge in [0.2, 0.25) is 0 Å². The van der Waals surface area contributed by atoms with Gasteiger partial charge in [-0.25, -0.2) is 4.79 Å². The van der Waals surface area contributed by atoms with Crippen molar-refractivity contribution in [2.45, 2.75) is 25.4 Å². The van der Waals surface area contributed by atoms with Gasteiger partial charge < -0.3 is 20.4 Å². The molecule has 1 aromatic carbocycles. The molecular weight excluding hydrogens is 256 g/mol. The van der Waals surface area contributed by atoms with Crippen molar-refractivity contribution in [2.75, 3.05) is 20.1 Å². The van der Waals surface area contributed by atoms with Crippen LogP contribution in [0.5, 0.6) is 5.75 Å². The Morgan fingerprint density at radius 2 is 2.25 bits per heavy atom. The zero-order chi connectivity index (χ0) is 14.5. The van der Waals surface area contributed by atoms with E-state index in [2.05, 4.69) is 5.32 Å². The summed E-state index contributed by atoms with van der Waals surface area (Å²) in [4.78, 5) is 13.4. The maximum absolute atomic E-state index is 11.8. The number of carbonyl (C=O) groups excluding carboxylic acids is 1. The van der Waals surface area contributed by atoms with Crippen molar-refractivity contribution < 1.29 is 15.0 Å². The lowest BCUT2D eigenvalue weighted by molar-refractivity contribution is 0.113. The third kappa shape index (κ3) is 4.42. The highest BCUT2D eigenvalue weighted by Crippen LogP contribution is 2.32. The first kappa shape index (κ1) is 14.7. The molecule has 2 rings (SSSR count).